The topological polar surface area (TPSA) is 59.3 Å². The number of halogens is 2. The van der Waals surface area contributed by atoms with Gasteiger partial charge in [0.05, 0.1) is 19.7 Å². The molecule has 0 radical (unpaired) electrons. The van der Waals surface area contributed by atoms with Crippen molar-refractivity contribution in [3.63, 3.8) is 0 Å². The number of hydrogen-bond acceptors (Lipinski definition) is 6. The fraction of sp³-hybridized carbons (Fsp3) is 0.562. The number of nitrogens with zero attached hydrogens (tertiary/aromatic N) is 6. The van der Waals surface area contributed by atoms with Gasteiger partial charge in [-0.25, -0.2) is 4.68 Å². The van der Waals surface area contributed by atoms with Crippen LogP contribution in [0.25, 0.3) is 0 Å². The van der Waals surface area contributed by atoms with Gasteiger partial charge in [0.15, 0.2) is 5.82 Å². The number of anilines is 1. The highest BCUT2D eigenvalue weighted by Gasteiger charge is 2.20. The van der Waals surface area contributed by atoms with Gasteiger partial charge in [-0.05, 0) is 35.0 Å². The summed E-state index contributed by atoms with van der Waals surface area (Å²) in [4.78, 5) is 4.77. The third kappa shape index (κ3) is 5.04. The second-order valence-corrected chi connectivity index (χ2v) is 6.44. The number of ether oxygens (including phenoxy) is 1. The second-order valence-electron chi connectivity index (χ2n) is 6.01. The van der Waals surface area contributed by atoms with E-state index >= 15 is 0 Å². The van der Waals surface area contributed by atoms with Gasteiger partial charge in [0.25, 0.3) is 0 Å². The third-order valence-electron chi connectivity index (χ3n) is 4.36. The Hall–Kier alpha value is -1.41. The molecule has 0 spiro atoms. The Morgan fingerprint density at radius 3 is 2.68 bits per heavy atom. The molecule has 2 heterocycles. The molecule has 25 heavy (non-hydrogen) atoms. The molecule has 1 aliphatic rings. The summed E-state index contributed by atoms with van der Waals surface area (Å²) in [6.45, 7) is 8.08. The minimum atomic E-state index is 0. The number of hydrogen-bond donors (Lipinski definition) is 0. The molecule has 1 saturated heterocycles. The lowest BCUT2D eigenvalue weighted by atomic mass is 10.1. The van der Waals surface area contributed by atoms with Gasteiger partial charge in [0, 0.05) is 44.0 Å². The number of aryl methyl sites for hydroxylation is 1. The molecular weight excluding hydrogens is 363 g/mol. The highest BCUT2D eigenvalue weighted by Crippen LogP contribution is 2.25. The average molecular weight is 387 g/mol. The number of tetrazole rings is 1. The first kappa shape index (κ1) is 19.9. The molecule has 138 valence electrons. The lowest BCUT2D eigenvalue weighted by Crippen LogP contribution is -2.46. The molecular formula is C16H24Cl2N6O. The highest BCUT2D eigenvalue weighted by molar-refractivity contribution is 6.30. The molecule has 9 heteroatoms. The van der Waals surface area contributed by atoms with Gasteiger partial charge in [-0.2, -0.15) is 0 Å². The van der Waals surface area contributed by atoms with Crippen LogP contribution in [0, 0.1) is 6.92 Å². The van der Waals surface area contributed by atoms with Gasteiger partial charge in [-0.15, -0.1) is 17.5 Å². The van der Waals surface area contributed by atoms with Crippen LogP contribution in [0.4, 0.5) is 5.69 Å². The number of aromatic nitrogens is 4. The number of benzene rings is 1. The Kier molecular flexibility index (Phi) is 7.43. The van der Waals surface area contributed by atoms with Crippen LogP contribution >= 0.6 is 24.0 Å². The Balaban J connectivity index is 0.00000225. The van der Waals surface area contributed by atoms with E-state index in [0.29, 0.717) is 13.2 Å². The predicted molar refractivity (Wildman–Crippen MR) is 101 cm³/mol. The Labute approximate surface area is 159 Å². The fourth-order valence-electron chi connectivity index (χ4n) is 2.96. The van der Waals surface area contributed by atoms with E-state index in [4.69, 9.17) is 16.3 Å². The first-order valence-corrected chi connectivity index (χ1v) is 8.52. The maximum Gasteiger partial charge on any atom is 0.165 e. The Morgan fingerprint density at radius 1 is 1.20 bits per heavy atom. The van der Waals surface area contributed by atoms with Gasteiger partial charge in [0.1, 0.15) is 0 Å². The molecule has 0 aliphatic carbocycles. The average Bonchev–Trinajstić information content (AvgIpc) is 3.03. The molecule has 0 atom stereocenters. The maximum atomic E-state index is 6.15. The lowest BCUT2D eigenvalue weighted by Gasteiger charge is -2.36. The van der Waals surface area contributed by atoms with Crippen LogP contribution in [0.5, 0.6) is 0 Å². The molecule has 0 amide bonds. The minimum Gasteiger partial charge on any atom is -0.383 e. The van der Waals surface area contributed by atoms with Crippen molar-refractivity contribution in [2.45, 2.75) is 20.0 Å². The number of piperazine rings is 1. The first-order chi connectivity index (χ1) is 11.7. The molecule has 3 rings (SSSR count). The summed E-state index contributed by atoms with van der Waals surface area (Å²) in [6.07, 6.45) is 0. The van der Waals surface area contributed by atoms with Crippen LogP contribution in [0.3, 0.4) is 0 Å². The van der Waals surface area contributed by atoms with Crippen molar-refractivity contribution in [3.8, 4) is 0 Å². The summed E-state index contributed by atoms with van der Waals surface area (Å²) in [7, 11) is 1.68. The van der Waals surface area contributed by atoms with Crippen molar-refractivity contribution in [1.29, 1.82) is 0 Å². The summed E-state index contributed by atoms with van der Waals surface area (Å²) < 4.78 is 6.91. The molecule has 7 nitrogen and oxygen atoms in total. The van der Waals surface area contributed by atoms with E-state index in [0.717, 1.165) is 43.6 Å². The first-order valence-electron chi connectivity index (χ1n) is 8.15. The number of methoxy groups -OCH3 is 1. The van der Waals surface area contributed by atoms with Crippen LogP contribution in [-0.2, 0) is 17.8 Å². The smallest absolute Gasteiger partial charge is 0.165 e. The van der Waals surface area contributed by atoms with Crippen LogP contribution in [0.1, 0.15) is 11.4 Å². The lowest BCUT2D eigenvalue weighted by molar-refractivity contribution is 0.178. The zero-order valence-corrected chi connectivity index (χ0v) is 16.1. The number of rotatable bonds is 6. The van der Waals surface area contributed by atoms with Crippen molar-refractivity contribution in [2.24, 2.45) is 0 Å². The van der Waals surface area contributed by atoms with Gasteiger partial charge < -0.3 is 9.64 Å². The molecule has 0 bridgehead atoms. The van der Waals surface area contributed by atoms with Gasteiger partial charge in [-0.3, -0.25) is 4.90 Å². The molecule has 1 aliphatic heterocycles. The third-order valence-corrected chi connectivity index (χ3v) is 4.60. The van der Waals surface area contributed by atoms with Crippen LogP contribution in [0.15, 0.2) is 18.2 Å². The van der Waals surface area contributed by atoms with E-state index in [2.05, 4.69) is 44.4 Å². The normalized spacial score (nSPS) is 15.2. The zero-order valence-electron chi connectivity index (χ0n) is 14.6. The summed E-state index contributed by atoms with van der Waals surface area (Å²) in [5, 5.41) is 12.7. The standard InChI is InChI=1S/C16H23ClN6O.ClH/c1-13-3-4-14(17)11-15(13)22-7-5-21(6-8-22)12-16-18-19-20-23(16)9-10-24-2;/h3-4,11H,5-10,12H2,1-2H3;1H. The SMILES string of the molecule is COCCn1nnnc1CN1CCN(c2cc(Cl)ccc2C)CC1.Cl. The maximum absolute atomic E-state index is 6.15. The second kappa shape index (κ2) is 9.33. The molecule has 2 aromatic rings. The van der Waals surface area contributed by atoms with Crippen LogP contribution in [-0.4, -0.2) is 65.0 Å². The largest absolute Gasteiger partial charge is 0.383 e. The quantitative estimate of drug-likeness (QED) is 0.756. The molecule has 0 saturated carbocycles. The van der Waals surface area contributed by atoms with Crippen molar-refractivity contribution in [2.75, 3.05) is 44.8 Å². The Bertz CT molecular complexity index is 672. The van der Waals surface area contributed by atoms with E-state index in [9.17, 15) is 0 Å². The Morgan fingerprint density at radius 2 is 1.96 bits per heavy atom. The van der Waals surface area contributed by atoms with Crippen LogP contribution in [0.2, 0.25) is 5.02 Å². The molecule has 1 aromatic heterocycles. The van der Waals surface area contributed by atoms with E-state index in [1.54, 1.807) is 7.11 Å². The highest BCUT2D eigenvalue weighted by atomic mass is 35.5. The molecule has 1 fully saturated rings. The predicted octanol–water partition coefficient (Wildman–Crippen LogP) is 2.03. The summed E-state index contributed by atoms with van der Waals surface area (Å²) in [5.74, 6) is 0.888. The van der Waals surface area contributed by atoms with E-state index < -0.39 is 0 Å². The van der Waals surface area contributed by atoms with Crippen molar-refractivity contribution in [1.82, 2.24) is 25.1 Å². The summed E-state index contributed by atoms with van der Waals surface area (Å²) >= 11 is 6.15. The monoisotopic (exact) mass is 386 g/mol. The van der Waals surface area contributed by atoms with Crippen molar-refractivity contribution in [3.05, 3.63) is 34.6 Å². The fourth-order valence-corrected chi connectivity index (χ4v) is 3.12. The van der Waals surface area contributed by atoms with Gasteiger partial charge in [0.2, 0.25) is 0 Å². The van der Waals surface area contributed by atoms with E-state index in [1.807, 2.05) is 10.7 Å². The van der Waals surface area contributed by atoms with Crippen molar-refractivity contribution < 1.29 is 4.74 Å². The molecule has 0 N–H and O–H groups in total. The zero-order chi connectivity index (χ0) is 16.9. The van der Waals surface area contributed by atoms with E-state index in [-0.39, 0.29) is 12.4 Å². The van der Waals surface area contributed by atoms with Gasteiger partial charge >= 0.3 is 0 Å². The summed E-state index contributed by atoms with van der Waals surface area (Å²) in [5.41, 5.74) is 2.49. The minimum absolute atomic E-state index is 0. The summed E-state index contributed by atoms with van der Waals surface area (Å²) in [6, 6.07) is 6.07. The molecule has 0 unspecified atom stereocenters. The van der Waals surface area contributed by atoms with Gasteiger partial charge in [-0.1, -0.05) is 17.7 Å². The van der Waals surface area contributed by atoms with Crippen molar-refractivity contribution >= 4 is 29.7 Å². The van der Waals surface area contributed by atoms with Crippen LogP contribution < -0.4 is 4.90 Å². The van der Waals surface area contributed by atoms with E-state index in [1.165, 1.54) is 11.3 Å². The molecule has 1 aromatic carbocycles.